The molecule has 20 heavy (non-hydrogen) atoms. The van der Waals surface area contributed by atoms with Gasteiger partial charge in [0.15, 0.2) is 0 Å². The van der Waals surface area contributed by atoms with Crippen LogP contribution >= 0.6 is 0 Å². The van der Waals surface area contributed by atoms with Crippen LogP contribution in [0, 0.1) is 13.8 Å². The van der Waals surface area contributed by atoms with E-state index in [4.69, 9.17) is 0 Å². The number of nitrogens with zero attached hydrogens (tertiary/aromatic N) is 2. The zero-order valence-corrected chi connectivity index (χ0v) is 12.0. The average molecular weight is 268 g/mol. The van der Waals surface area contributed by atoms with Crippen molar-refractivity contribution in [3.05, 3.63) is 52.5 Å². The smallest absolute Gasteiger partial charge is 0.134 e. The lowest BCUT2D eigenvalue weighted by Gasteiger charge is -2.20. The van der Waals surface area contributed by atoms with Crippen LogP contribution < -0.4 is 10.6 Å². The summed E-state index contributed by atoms with van der Waals surface area (Å²) in [5.74, 6) is 1.82. The Kier molecular flexibility index (Phi) is 3.65. The highest BCUT2D eigenvalue weighted by Crippen LogP contribution is 2.20. The Morgan fingerprint density at radius 2 is 2.15 bits per heavy atom. The molecule has 0 fully saturated rings. The number of aryl methyl sites for hydroxylation is 2. The third-order valence-corrected chi connectivity index (χ3v) is 3.59. The molecule has 0 aliphatic carbocycles. The zero-order chi connectivity index (χ0) is 13.9. The van der Waals surface area contributed by atoms with Gasteiger partial charge in [-0.25, -0.2) is 9.97 Å². The van der Waals surface area contributed by atoms with Crippen LogP contribution in [-0.2, 0) is 19.5 Å². The van der Waals surface area contributed by atoms with Crippen molar-refractivity contribution in [1.29, 1.82) is 0 Å². The van der Waals surface area contributed by atoms with Gasteiger partial charge in [0.2, 0.25) is 0 Å². The van der Waals surface area contributed by atoms with Crippen LogP contribution in [0.2, 0.25) is 0 Å². The molecule has 0 amide bonds. The van der Waals surface area contributed by atoms with Gasteiger partial charge in [-0.1, -0.05) is 29.8 Å². The summed E-state index contributed by atoms with van der Waals surface area (Å²) < 4.78 is 0. The largest absolute Gasteiger partial charge is 0.366 e. The van der Waals surface area contributed by atoms with E-state index in [-0.39, 0.29) is 0 Å². The third-order valence-electron chi connectivity index (χ3n) is 3.59. The van der Waals surface area contributed by atoms with Crippen molar-refractivity contribution < 1.29 is 0 Å². The van der Waals surface area contributed by atoms with Crippen molar-refractivity contribution >= 4 is 5.82 Å². The lowest BCUT2D eigenvalue weighted by molar-refractivity contribution is 0.624. The molecule has 1 aliphatic heterocycles. The molecular formula is C16H20N4. The van der Waals surface area contributed by atoms with Crippen LogP contribution in [-0.4, -0.2) is 16.5 Å². The van der Waals surface area contributed by atoms with Gasteiger partial charge in [-0.2, -0.15) is 0 Å². The topological polar surface area (TPSA) is 49.8 Å². The summed E-state index contributed by atoms with van der Waals surface area (Å²) in [6, 6.07) is 8.54. The number of aromatic nitrogens is 2. The van der Waals surface area contributed by atoms with Gasteiger partial charge in [-0.05, 0) is 19.4 Å². The lowest BCUT2D eigenvalue weighted by atomic mass is 10.1. The van der Waals surface area contributed by atoms with Gasteiger partial charge < -0.3 is 10.6 Å². The Balaban J connectivity index is 1.82. The normalized spacial score (nSPS) is 13.9. The van der Waals surface area contributed by atoms with Gasteiger partial charge in [0.1, 0.15) is 11.6 Å². The summed E-state index contributed by atoms with van der Waals surface area (Å²) in [5.41, 5.74) is 4.96. The zero-order valence-electron chi connectivity index (χ0n) is 12.0. The maximum atomic E-state index is 4.56. The Hall–Kier alpha value is -1.94. The van der Waals surface area contributed by atoms with Crippen LogP contribution in [0.5, 0.6) is 0 Å². The first-order valence-corrected chi connectivity index (χ1v) is 7.09. The fourth-order valence-electron chi connectivity index (χ4n) is 2.62. The molecule has 0 atom stereocenters. The second-order valence-electron chi connectivity index (χ2n) is 5.31. The maximum absolute atomic E-state index is 4.56. The van der Waals surface area contributed by atoms with Gasteiger partial charge in [0.05, 0.1) is 5.69 Å². The predicted molar refractivity (Wildman–Crippen MR) is 80.7 cm³/mol. The number of fused-ring (bicyclic) bond motifs is 1. The summed E-state index contributed by atoms with van der Waals surface area (Å²) >= 11 is 0. The molecular weight excluding hydrogens is 248 g/mol. The lowest BCUT2D eigenvalue weighted by Crippen LogP contribution is -2.26. The van der Waals surface area contributed by atoms with Gasteiger partial charge in [0.25, 0.3) is 0 Å². The Labute approximate surface area is 119 Å². The van der Waals surface area contributed by atoms with E-state index in [1.807, 2.05) is 6.92 Å². The Morgan fingerprint density at radius 1 is 1.25 bits per heavy atom. The summed E-state index contributed by atoms with van der Waals surface area (Å²) in [6.07, 6.45) is 0.984. The molecule has 0 bridgehead atoms. The number of anilines is 1. The summed E-state index contributed by atoms with van der Waals surface area (Å²) in [5, 5.41) is 6.85. The van der Waals surface area contributed by atoms with Gasteiger partial charge in [-0.3, -0.25) is 0 Å². The first-order valence-electron chi connectivity index (χ1n) is 7.09. The van der Waals surface area contributed by atoms with Crippen LogP contribution in [0.1, 0.15) is 28.2 Å². The summed E-state index contributed by atoms with van der Waals surface area (Å²) in [4.78, 5) is 9.11. The fourth-order valence-corrected chi connectivity index (χ4v) is 2.62. The van der Waals surface area contributed by atoms with Gasteiger partial charge in [-0.15, -0.1) is 0 Å². The molecule has 2 heterocycles. The average Bonchev–Trinajstić information content (AvgIpc) is 2.44. The van der Waals surface area contributed by atoms with Crippen LogP contribution in [0.3, 0.4) is 0 Å². The van der Waals surface area contributed by atoms with E-state index in [1.165, 1.54) is 22.4 Å². The highest BCUT2D eigenvalue weighted by atomic mass is 15.1. The maximum Gasteiger partial charge on any atom is 0.134 e. The molecule has 4 heteroatoms. The number of hydrogen-bond acceptors (Lipinski definition) is 4. The van der Waals surface area contributed by atoms with Crippen LogP contribution in [0.15, 0.2) is 24.3 Å². The van der Waals surface area contributed by atoms with Crippen LogP contribution in [0.25, 0.3) is 0 Å². The van der Waals surface area contributed by atoms with Crippen molar-refractivity contribution in [3.63, 3.8) is 0 Å². The number of benzene rings is 1. The molecule has 4 nitrogen and oxygen atoms in total. The van der Waals surface area contributed by atoms with Crippen molar-refractivity contribution in [2.24, 2.45) is 0 Å². The second kappa shape index (κ2) is 5.59. The standard InChI is InChI=1S/C16H20N4/c1-11-4-3-5-13(8-11)9-18-16-14-10-17-7-6-15(14)19-12(2)20-16/h3-5,8,17H,6-7,9-10H2,1-2H3,(H,18,19,20). The first kappa shape index (κ1) is 13.1. The van der Waals surface area contributed by atoms with Crippen molar-refractivity contribution in [3.8, 4) is 0 Å². The van der Waals surface area contributed by atoms with E-state index >= 15 is 0 Å². The fraction of sp³-hybridized carbons (Fsp3) is 0.375. The van der Waals surface area contributed by atoms with E-state index in [2.05, 4.69) is 51.8 Å². The van der Waals surface area contributed by atoms with E-state index in [0.29, 0.717) is 0 Å². The first-order chi connectivity index (χ1) is 9.72. The van der Waals surface area contributed by atoms with Crippen molar-refractivity contribution in [2.75, 3.05) is 11.9 Å². The SMILES string of the molecule is Cc1cccc(CNc2nc(C)nc3c2CNCC3)c1. The van der Waals surface area contributed by atoms with E-state index < -0.39 is 0 Å². The quantitative estimate of drug-likeness (QED) is 0.897. The molecule has 2 N–H and O–H groups in total. The molecule has 0 saturated carbocycles. The molecule has 2 aromatic rings. The van der Waals surface area contributed by atoms with Gasteiger partial charge in [0, 0.05) is 31.6 Å². The molecule has 0 radical (unpaired) electrons. The minimum Gasteiger partial charge on any atom is -0.366 e. The molecule has 104 valence electrons. The summed E-state index contributed by atoms with van der Waals surface area (Å²) in [6.45, 7) is 6.72. The number of hydrogen-bond donors (Lipinski definition) is 2. The molecule has 3 rings (SSSR count). The highest BCUT2D eigenvalue weighted by Gasteiger charge is 2.16. The monoisotopic (exact) mass is 268 g/mol. The molecule has 0 unspecified atom stereocenters. The highest BCUT2D eigenvalue weighted by molar-refractivity contribution is 5.48. The van der Waals surface area contributed by atoms with Gasteiger partial charge >= 0.3 is 0 Å². The molecule has 0 spiro atoms. The predicted octanol–water partition coefficient (Wildman–Crippen LogP) is 2.35. The minimum absolute atomic E-state index is 0.796. The number of rotatable bonds is 3. The van der Waals surface area contributed by atoms with Crippen molar-refractivity contribution in [1.82, 2.24) is 15.3 Å². The van der Waals surface area contributed by atoms with Crippen LogP contribution in [0.4, 0.5) is 5.82 Å². The Bertz CT molecular complexity index is 622. The van der Waals surface area contributed by atoms with E-state index in [1.54, 1.807) is 0 Å². The minimum atomic E-state index is 0.796. The summed E-state index contributed by atoms with van der Waals surface area (Å²) in [7, 11) is 0. The number of nitrogens with one attached hydrogen (secondary N) is 2. The van der Waals surface area contributed by atoms with E-state index in [0.717, 1.165) is 37.7 Å². The molecule has 1 aromatic heterocycles. The van der Waals surface area contributed by atoms with Crippen molar-refractivity contribution in [2.45, 2.75) is 33.4 Å². The molecule has 1 aromatic carbocycles. The molecule has 1 aliphatic rings. The Morgan fingerprint density at radius 3 is 3.00 bits per heavy atom. The second-order valence-corrected chi connectivity index (χ2v) is 5.31. The van der Waals surface area contributed by atoms with E-state index in [9.17, 15) is 0 Å². The molecule has 0 saturated heterocycles. The third kappa shape index (κ3) is 2.80.